The van der Waals surface area contributed by atoms with Gasteiger partial charge >= 0.3 is 5.97 Å². The number of hydrogen-bond donors (Lipinski definition) is 2. The van der Waals surface area contributed by atoms with Gasteiger partial charge in [0, 0.05) is 17.6 Å². The first-order valence-electron chi connectivity index (χ1n) is 11.6. The molecule has 5 rings (SSSR count). The second kappa shape index (κ2) is 10.5. The van der Waals surface area contributed by atoms with E-state index < -0.39 is 11.9 Å². The van der Waals surface area contributed by atoms with E-state index in [1.165, 1.54) is 12.8 Å². The summed E-state index contributed by atoms with van der Waals surface area (Å²) in [6, 6.07) is 25.2. The first kappa shape index (κ1) is 23.5. The fraction of sp³-hybridized carbons (Fsp3) is 0.286. The lowest BCUT2D eigenvalue weighted by Gasteiger charge is -2.36. The van der Waals surface area contributed by atoms with Crippen molar-refractivity contribution in [1.82, 2.24) is 4.90 Å². The summed E-state index contributed by atoms with van der Waals surface area (Å²) in [6.07, 6.45) is 4.98. The highest BCUT2D eigenvalue weighted by Crippen LogP contribution is 2.36. The Hall–Kier alpha value is -3.64. The molecule has 0 saturated carbocycles. The van der Waals surface area contributed by atoms with Gasteiger partial charge < -0.3 is 20.5 Å². The Morgan fingerprint density at radius 3 is 2.06 bits per heavy atom. The van der Waals surface area contributed by atoms with Gasteiger partial charge in [-0.25, -0.2) is 4.79 Å². The van der Waals surface area contributed by atoms with E-state index in [4.69, 9.17) is 15.6 Å². The van der Waals surface area contributed by atoms with Gasteiger partial charge in [-0.2, -0.15) is 0 Å². The number of rotatable bonds is 5. The molecule has 3 N–H and O–H groups in total. The van der Waals surface area contributed by atoms with Gasteiger partial charge in [0.2, 0.25) is 5.91 Å². The quantitative estimate of drug-likeness (QED) is 0.571. The number of hydrogen-bond acceptors (Lipinski definition) is 4. The molecule has 0 aliphatic carbocycles. The Balaban J connectivity index is 0.000000166. The summed E-state index contributed by atoms with van der Waals surface area (Å²) in [7, 11) is 2.21. The molecule has 0 aromatic heterocycles. The third-order valence-electron chi connectivity index (χ3n) is 6.72. The Bertz CT molecular complexity index is 1120. The third-order valence-corrected chi connectivity index (χ3v) is 6.72. The van der Waals surface area contributed by atoms with E-state index in [1.807, 2.05) is 54.6 Å². The Labute approximate surface area is 200 Å². The van der Waals surface area contributed by atoms with Crippen LogP contribution in [0.3, 0.4) is 0 Å². The zero-order valence-corrected chi connectivity index (χ0v) is 19.3. The number of primary amides is 1. The van der Waals surface area contributed by atoms with Crippen LogP contribution in [-0.4, -0.2) is 47.1 Å². The van der Waals surface area contributed by atoms with Gasteiger partial charge in [0.15, 0.2) is 0 Å². The molecule has 1 amide bonds. The number of amides is 1. The second-order valence-corrected chi connectivity index (χ2v) is 8.90. The summed E-state index contributed by atoms with van der Waals surface area (Å²) in [5.41, 5.74) is 8.23. The minimum absolute atomic E-state index is 0.261. The van der Waals surface area contributed by atoms with Gasteiger partial charge in [0.25, 0.3) is 0 Å². The zero-order chi connectivity index (χ0) is 24.1. The topological polar surface area (TPSA) is 92.9 Å². The van der Waals surface area contributed by atoms with Gasteiger partial charge in [-0.1, -0.05) is 48.5 Å². The van der Waals surface area contributed by atoms with Crippen molar-refractivity contribution >= 4 is 11.9 Å². The number of carbonyl (C=O) groups excluding carboxylic acids is 1. The van der Waals surface area contributed by atoms with Crippen LogP contribution in [0.5, 0.6) is 5.75 Å². The van der Waals surface area contributed by atoms with Crippen molar-refractivity contribution in [1.29, 1.82) is 0 Å². The SMILES string of the molecule is CN1[C@@H]2CC[C@H]1CC(Oc1cccc(C(N)=O)c1)C2.O=C(O)c1ccc(-c2ccccc2)cc1. The lowest BCUT2D eigenvalue weighted by Crippen LogP contribution is -2.43. The Morgan fingerprint density at radius 2 is 1.47 bits per heavy atom. The molecule has 176 valence electrons. The Kier molecular flexibility index (Phi) is 7.28. The molecule has 2 heterocycles. The highest BCUT2D eigenvalue weighted by molar-refractivity contribution is 5.93. The summed E-state index contributed by atoms with van der Waals surface area (Å²) in [5.74, 6) is -0.547. The van der Waals surface area contributed by atoms with E-state index in [2.05, 4.69) is 11.9 Å². The summed E-state index contributed by atoms with van der Waals surface area (Å²) in [5, 5.41) is 8.75. The summed E-state index contributed by atoms with van der Waals surface area (Å²) >= 11 is 0. The number of nitrogens with two attached hydrogens (primary N) is 1. The van der Waals surface area contributed by atoms with Crippen LogP contribution >= 0.6 is 0 Å². The van der Waals surface area contributed by atoms with Crippen molar-refractivity contribution < 1.29 is 19.4 Å². The minimum Gasteiger partial charge on any atom is -0.490 e. The summed E-state index contributed by atoms with van der Waals surface area (Å²) in [6.45, 7) is 0. The minimum atomic E-state index is -0.894. The molecule has 0 radical (unpaired) electrons. The van der Waals surface area contributed by atoms with Crippen molar-refractivity contribution in [3.05, 3.63) is 90.0 Å². The lowest BCUT2D eigenvalue weighted by atomic mass is 10.0. The molecule has 0 spiro atoms. The van der Waals surface area contributed by atoms with Crippen molar-refractivity contribution in [2.24, 2.45) is 5.73 Å². The summed E-state index contributed by atoms with van der Waals surface area (Å²) in [4.78, 5) is 24.3. The number of aromatic carboxylic acids is 1. The molecular formula is C28H30N2O4. The lowest BCUT2D eigenvalue weighted by molar-refractivity contribution is 0.0660. The van der Waals surface area contributed by atoms with Crippen LogP contribution in [0.1, 0.15) is 46.4 Å². The maximum atomic E-state index is 11.2. The predicted molar refractivity (Wildman–Crippen MR) is 132 cm³/mol. The number of carboxylic acids is 1. The van der Waals surface area contributed by atoms with Crippen LogP contribution in [0.25, 0.3) is 11.1 Å². The van der Waals surface area contributed by atoms with Gasteiger partial charge in [-0.05, 0) is 74.2 Å². The Morgan fingerprint density at radius 1 is 0.853 bits per heavy atom. The number of carbonyl (C=O) groups is 2. The van der Waals surface area contributed by atoms with Crippen LogP contribution in [0.15, 0.2) is 78.9 Å². The van der Waals surface area contributed by atoms with E-state index in [1.54, 1.807) is 24.3 Å². The number of carboxylic acid groups (broad SMARTS) is 1. The molecule has 3 atom stereocenters. The van der Waals surface area contributed by atoms with E-state index in [9.17, 15) is 9.59 Å². The van der Waals surface area contributed by atoms with Gasteiger partial charge in [0.1, 0.15) is 11.9 Å². The molecule has 2 fully saturated rings. The molecule has 2 saturated heterocycles. The molecule has 2 bridgehead atoms. The normalized spacial score (nSPS) is 21.3. The fourth-order valence-corrected chi connectivity index (χ4v) is 4.81. The van der Waals surface area contributed by atoms with Gasteiger partial charge in [0.05, 0.1) is 5.56 Å². The molecule has 3 aromatic carbocycles. The van der Waals surface area contributed by atoms with Crippen LogP contribution in [-0.2, 0) is 0 Å². The smallest absolute Gasteiger partial charge is 0.335 e. The average molecular weight is 459 g/mol. The van der Waals surface area contributed by atoms with Crippen LogP contribution in [0, 0.1) is 0 Å². The first-order valence-corrected chi connectivity index (χ1v) is 11.6. The molecule has 2 aliphatic rings. The molecule has 6 nitrogen and oxygen atoms in total. The molecule has 2 aliphatic heterocycles. The maximum Gasteiger partial charge on any atom is 0.335 e. The van der Waals surface area contributed by atoms with Crippen molar-refractivity contribution in [2.75, 3.05) is 7.05 Å². The van der Waals surface area contributed by atoms with E-state index in [-0.39, 0.29) is 6.10 Å². The number of fused-ring (bicyclic) bond motifs is 2. The molecule has 34 heavy (non-hydrogen) atoms. The standard InChI is InChI=1S/C15H20N2O2.C13H10O2/c1-17-11-5-6-12(17)9-14(8-11)19-13-4-2-3-10(7-13)15(16)18;14-13(15)12-8-6-11(7-9-12)10-4-2-1-3-5-10/h2-4,7,11-12,14H,5-6,8-9H2,1H3,(H2,16,18);1-9H,(H,14,15)/t11-,12+,14?;. The highest BCUT2D eigenvalue weighted by atomic mass is 16.5. The summed E-state index contributed by atoms with van der Waals surface area (Å²) < 4.78 is 6.04. The fourth-order valence-electron chi connectivity index (χ4n) is 4.81. The molecule has 3 aromatic rings. The molecular weight excluding hydrogens is 428 g/mol. The number of nitrogens with zero attached hydrogens (tertiary/aromatic N) is 1. The van der Waals surface area contributed by atoms with E-state index in [0.717, 1.165) is 29.7 Å². The highest BCUT2D eigenvalue weighted by Gasteiger charge is 2.39. The van der Waals surface area contributed by atoms with Crippen LogP contribution in [0.2, 0.25) is 0 Å². The van der Waals surface area contributed by atoms with Crippen LogP contribution < -0.4 is 10.5 Å². The van der Waals surface area contributed by atoms with Gasteiger partial charge in [-0.15, -0.1) is 0 Å². The number of benzene rings is 3. The van der Waals surface area contributed by atoms with E-state index in [0.29, 0.717) is 23.2 Å². The van der Waals surface area contributed by atoms with Gasteiger partial charge in [-0.3, -0.25) is 4.79 Å². The number of piperidine rings is 1. The largest absolute Gasteiger partial charge is 0.490 e. The van der Waals surface area contributed by atoms with E-state index >= 15 is 0 Å². The number of ether oxygens (including phenoxy) is 1. The van der Waals surface area contributed by atoms with Crippen molar-refractivity contribution in [2.45, 2.75) is 43.9 Å². The maximum absolute atomic E-state index is 11.2. The zero-order valence-electron chi connectivity index (χ0n) is 19.3. The monoisotopic (exact) mass is 458 g/mol. The third kappa shape index (κ3) is 5.64. The average Bonchev–Trinajstić information content (AvgIpc) is 3.05. The van der Waals surface area contributed by atoms with Crippen LogP contribution in [0.4, 0.5) is 0 Å². The van der Waals surface area contributed by atoms with Crippen molar-refractivity contribution in [3.63, 3.8) is 0 Å². The second-order valence-electron chi connectivity index (χ2n) is 8.90. The molecule has 6 heteroatoms. The first-order chi connectivity index (χ1) is 16.4. The molecule has 1 unspecified atom stereocenters. The predicted octanol–water partition coefficient (Wildman–Crippen LogP) is 4.84. The van der Waals surface area contributed by atoms with Crippen molar-refractivity contribution in [3.8, 4) is 16.9 Å².